The molecular formula is C20H19FN6O. The second kappa shape index (κ2) is 7.22. The van der Waals surface area contributed by atoms with Gasteiger partial charge in [0.2, 0.25) is 0 Å². The highest BCUT2D eigenvalue weighted by molar-refractivity contribution is 6.02. The molecule has 4 rings (SSSR count). The lowest BCUT2D eigenvalue weighted by molar-refractivity contribution is 0.415. The maximum Gasteiger partial charge on any atom is 0.141 e. The molecule has 3 heterocycles. The van der Waals surface area contributed by atoms with Crippen molar-refractivity contribution in [2.45, 2.75) is 19.9 Å². The van der Waals surface area contributed by atoms with Crippen molar-refractivity contribution in [2.24, 2.45) is 0 Å². The molecular weight excluding hydrogens is 359 g/mol. The highest BCUT2D eigenvalue weighted by Crippen LogP contribution is 2.35. The topological polar surface area (TPSA) is 88.6 Å². The van der Waals surface area contributed by atoms with Crippen LogP contribution in [-0.4, -0.2) is 32.0 Å². The summed E-state index contributed by atoms with van der Waals surface area (Å²) in [5.41, 5.74) is 3.03. The number of imidazole rings is 1. The van der Waals surface area contributed by atoms with Crippen LogP contribution in [0.25, 0.3) is 22.2 Å². The number of rotatable bonds is 5. The van der Waals surface area contributed by atoms with E-state index in [1.54, 1.807) is 19.4 Å². The van der Waals surface area contributed by atoms with Crippen LogP contribution in [0.5, 0.6) is 5.75 Å². The van der Waals surface area contributed by atoms with Crippen molar-refractivity contribution in [1.29, 1.82) is 0 Å². The zero-order valence-electron chi connectivity index (χ0n) is 15.7. The number of anilines is 1. The van der Waals surface area contributed by atoms with Gasteiger partial charge in [0.1, 0.15) is 29.5 Å². The van der Waals surface area contributed by atoms with Crippen LogP contribution < -0.4 is 10.1 Å². The SMILES string of the molecule is COc1cc(-c2ccc(F)cn2)c2c(NC(C)c3ncc(C)[nH]3)ncnc2c1. The van der Waals surface area contributed by atoms with Crippen molar-refractivity contribution in [3.05, 3.63) is 60.3 Å². The van der Waals surface area contributed by atoms with E-state index in [1.165, 1.54) is 18.6 Å². The predicted octanol–water partition coefficient (Wildman–Crippen LogP) is 4.04. The third-order valence-electron chi connectivity index (χ3n) is 4.44. The van der Waals surface area contributed by atoms with Gasteiger partial charge in [0.05, 0.1) is 35.9 Å². The van der Waals surface area contributed by atoms with Crippen LogP contribution in [-0.2, 0) is 0 Å². The Kier molecular flexibility index (Phi) is 4.60. The number of nitrogens with zero attached hydrogens (tertiary/aromatic N) is 4. The molecule has 0 bridgehead atoms. The number of fused-ring (bicyclic) bond motifs is 1. The van der Waals surface area contributed by atoms with Crippen molar-refractivity contribution in [2.75, 3.05) is 12.4 Å². The minimum absolute atomic E-state index is 0.108. The Balaban J connectivity index is 1.86. The van der Waals surface area contributed by atoms with E-state index in [-0.39, 0.29) is 6.04 Å². The van der Waals surface area contributed by atoms with Gasteiger partial charge in [-0.3, -0.25) is 4.98 Å². The molecule has 142 valence electrons. The number of aryl methyl sites for hydroxylation is 1. The molecule has 3 aromatic heterocycles. The van der Waals surface area contributed by atoms with Gasteiger partial charge in [0.15, 0.2) is 0 Å². The summed E-state index contributed by atoms with van der Waals surface area (Å²) in [7, 11) is 1.59. The zero-order valence-corrected chi connectivity index (χ0v) is 15.7. The summed E-state index contributed by atoms with van der Waals surface area (Å²) < 4.78 is 18.8. The maximum atomic E-state index is 13.4. The first kappa shape index (κ1) is 17.8. The van der Waals surface area contributed by atoms with E-state index in [2.05, 4.69) is 30.2 Å². The third kappa shape index (κ3) is 3.36. The van der Waals surface area contributed by atoms with Crippen molar-refractivity contribution < 1.29 is 9.13 Å². The molecule has 1 unspecified atom stereocenters. The average molecular weight is 378 g/mol. The van der Waals surface area contributed by atoms with Crippen LogP contribution >= 0.6 is 0 Å². The lowest BCUT2D eigenvalue weighted by Gasteiger charge is -2.16. The highest BCUT2D eigenvalue weighted by Gasteiger charge is 2.17. The first-order chi connectivity index (χ1) is 13.5. The van der Waals surface area contributed by atoms with Gasteiger partial charge in [-0.25, -0.2) is 19.3 Å². The molecule has 0 aliphatic rings. The van der Waals surface area contributed by atoms with E-state index in [0.29, 0.717) is 22.8 Å². The van der Waals surface area contributed by atoms with E-state index >= 15 is 0 Å². The second-order valence-electron chi connectivity index (χ2n) is 6.47. The zero-order chi connectivity index (χ0) is 19.7. The van der Waals surface area contributed by atoms with Gasteiger partial charge in [-0.1, -0.05) is 0 Å². The minimum Gasteiger partial charge on any atom is -0.497 e. The number of aromatic nitrogens is 5. The molecule has 0 aliphatic carbocycles. The molecule has 0 spiro atoms. The number of halogens is 1. The Bertz CT molecular complexity index is 1130. The molecule has 0 fully saturated rings. The summed E-state index contributed by atoms with van der Waals surface area (Å²) in [5, 5.41) is 4.16. The molecule has 0 amide bonds. The quantitative estimate of drug-likeness (QED) is 0.545. The number of hydrogen-bond acceptors (Lipinski definition) is 6. The van der Waals surface area contributed by atoms with Crippen molar-refractivity contribution in [3.63, 3.8) is 0 Å². The standard InChI is InChI=1S/C20H19FN6O/c1-11-8-23-19(26-11)12(2)27-20-18-15(16-5-4-13(21)9-22-16)6-14(28-3)7-17(18)24-10-25-20/h4-10,12H,1-3H3,(H,23,26)(H,24,25,27). The smallest absolute Gasteiger partial charge is 0.141 e. The monoisotopic (exact) mass is 378 g/mol. The number of methoxy groups -OCH3 is 1. The number of ether oxygens (including phenoxy) is 1. The van der Waals surface area contributed by atoms with Gasteiger partial charge in [-0.15, -0.1) is 0 Å². The number of benzene rings is 1. The molecule has 28 heavy (non-hydrogen) atoms. The van der Waals surface area contributed by atoms with Gasteiger partial charge in [0, 0.05) is 23.5 Å². The fourth-order valence-electron chi connectivity index (χ4n) is 3.06. The highest BCUT2D eigenvalue weighted by atomic mass is 19.1. The number of H-pyrrole nitrogens is 1. The van der Waals surface area contributed by atoms with Gasteiger partial charge >= 0.3 is 0 Å². The van der Waals surface area contributed by atoms with E-state index < -0.39 is 5.82 Å². The fraction of sp³-hybridized carbons (Fsp3) is 0.200. The Labute approximate surface area is 161 Å². The van der Waals surface area contributed by atoms with Gasteiger partial charge < -0.3 is 15.0 Å². The Morgan fingerprint density at radius 1 is 1.11 bits per heavy atom. The van der Waals surface area contributed by atoms with Crippen LogP contribution in [0.3, 0.4) is 0 Å². The molecule has 1 atom stereocenters. The van der Waals surface area contributed by atoms with E-state index in [0.717, 1.165) is 22.5 Å². The summed E-state index contributed by atoms with van der Waals surface area (Å²) in [4.78, 5) is 20.6. The van der Waals surface area contributed by atoms with Crippen LogP contribution in [0, 0.1) is 12.7 Å². The summed E-state index contributed by atoms with van der Waals surface area (Å²) in [6, 6.07) is 6.57. The summed E-state index contributed by atoms with van der Waals surface area (Å²) in [5.74, 6) is 1.68. The molecule has 7 nitrogen and oxygen atoms in total. The third-order valence-corrected chi connectivity index (χ3v) is 4.44. The van der Waals surface area contributed by atoms with Crippen molar-refractivity contribution in [3.8, 4) is 17.0 Å². The second-order valence-corrected chi connectivity index (χ2v) is 6.47. The first-order valence-electron chi connectivity index (χ1n) is 8.78. The molecule has 2 N–H and O–H groups in total. The summed E-state index contributed by atoms with van der Waals surface area (Å²) >= 11 is 0. The van der Waals surface area contributed by atoms with E-state index in [9.17, 15) is 4.39 Å². The maximum absolute atomic E-state index is 13.4. The number of pyridine rings is 1. The average Bonchev–Trinajstić information content (AvgIpc) is 3.14. The Hall–Kier alpha value is -3.55. The van der Waals surface area contributed by atoms with Crippen LogP contribution in [0.2, 0.25) is 0 Å². The lowest BCUT2D eigenvalue weighted by atomic mass is 10.0. The van der Waals surface area contributed by atoms with Crippen LogP contribution in [0.1, 0.15) is 24.5 Å². The summed E-state index contributed by atoms with van der Waals surface area (Å²) in [6.45, 7) is 3.94. The molecule has 0 radical (unpaired) electrons. The van der Waals surface area contributed by atoms with Crippen molar-refractivity contribution in [1.82, 2.24) is 24.9 Å². The predicted molar refractivity (Wildman–Crippen MR) is 105 cm³/mol. The number of aromatic amines is 1. The molecule has 1 aromatic carbocycles. The van der Waals surface area contributed by atoms with Gasteiger partial charge in [0.25, 0.3) is 0 Å². The number of nitrogens with one attached hydrogen (secondary N) is 2. The molecule has 0 aliphatic heterocycles. The van der Waals surface area contributed by atoms with E-state index in [4.69, 9.17) is 4.74 Å². The van der Waals surface area contributed by atoms with Gasteiger partial charge in [-0.05, 0) is 32.0 Å². The Morgan fingerprint density at radius 2 is 1.96 bits per heavy atom. The van der Waals surface area contributed by atoms with Crippen molar-refractivity contribution >= 4 is 16.7 Å². The normalized spacial score (nSPS) is 12.1. The molecule has 4 aromatic rings. The van der Waals surface area contributed by atoms with Crippen LogP contribution in [0.4, 0.5) is 10.2 Å². The Morgan fingerprint density at radius 3 is 2.64 bits per heavy atom. The largest absolute Gasteiger partial charge is 0.497 e. The van der Waals surface area contributed by atoms with Gasteiger partial charge in [-0.2, -0.15) is 0 Å². The van der Waals surface area contributed by atoms with Crippen LogP contribution in [0.15, 0.2) is 43.0 Å². The molecule has 0 saturated heterocycles. The molecule has 0 saturated carbocycles. The minimum atomic E-state index is -0.396. The summed E-state index contributed by atoms with van der Waals surface area (Å²) in [6.07, 6.45) is 4.46. The van der Waals surface area contributed by atoms with E-state index in [1.807, 2.05) is 26.0 Å². The first-order valence-corrected chi connectivity index (χ1v) is 8.78. The number of hydrogen-bond donors (Lipinski definition) is 2. The molecule has 8 heteroatoms. The fourth-order valence-corrected chi connectivity index (χ4v) is 3.06. The lowest BCUT2D eigenvalue weighted by Crippen LogP contribution is -2.10.